The van der Waals surface area contributed by atoms with E-state index in [0.717, 1.165) is 66.8 Å². The van der Waals surface area contributed by atoms with Crippen molar-refractivity contribution < 1.29 is 5.11 Å². The number of nitrogens with zero attached hydrogens (tertiary/aromatic N) is 4. The first-order valence-electron chi connectivity index (χ1n) is 13.0. The van der Waals surface area contributed by atoms with Crippen LogP contribution in [0.15, 0.2) is 110 Å². The number of aliphatic hydroxyl groups is 1. The Bertz CT molecular complexity index is 1930. The molecule has 1 atom stereocenters. The minimum atomic E-state index is -0.727. The quantitative estimate of drug-likeness (QED) is 0.185. The molecule has 0 spiro atoms. The average Bonchev–Trinajstić information content (AvgIpc) is 3.62. The summed E-state index contributed by atoms with van der Waals surface area (Å²) in [5.41, 5.74) is 9.33. The van der Waals surface area contributed by atoms with Gasteiger partial charge in [-0.25, -0.2) is 4.98 Å². The van der Waals surface area contributed by atoms with Crippen molar-refractivity contribution in [2.45, 2.75) is 12.6 Å². The van der Waals surface area contributed by atoms with E-state index in [2.05, 4.69) is 47.6 Å². The molecule has 0 aliphatic rings. The topological polar surface area (TPSA) is 115 Å². The molecular weight excluding hydrogens is 498 g/mol. The van der Waals surface area contributed by atoms with Crippen LogP contribution in [0, 0.1) is 0 Å². The van der Waals surface area contributed by atoms with Crippen LogP contribution in [0.25, 0.3) is 55.6 Å². The van der Waals surface area contributed by atoms with Crippen LogP contribution in [-0.2, 0) is 6.42 Å². The van der Waals surface area contributed by atoms with Gasteiger partial charge in [-0.3, -0.25) is 15.1 Å². The lowest BCUT2D eigenvalue weighted by molar-refractivity contribution is 0.204. The lowest BCUT2D eigenvalue weighted by Crippen LogP contribution is -2.21. The number of aromatic nitrogens is 6. The van der Waals surface area contributed by atoms with Crippen molar-refractivity contribution >= 4 is 27.6 Å². The van der Waals surface area contributed by atoms with Crippen molar-refractivity contribution in [3.8, 4) is 33.6 Å². The highest BCUT2D eigenvalue weighted by molar-refractivity contribution is 6.00. The molecule has 4 N–H and O–H groups in total. The van der Waals surface area contributed by atoms with Crippen molar-refractivity contribution in [1.29, 1.82) is 0 Å². The molecule has 7 aromatic rings. The van der Waals surface area contributed by atoms with Crippen LogP contribution in [0.5, 0.6) is 0 Å². The SMILES string of the molecule is OC(Cc1ccccc1)Nc1cncc(-c2ccc3[nH]nc(-c4cc5c(-c6ccncc6)ccnc5[nH]4)c3c2)c1. The predicted molar refractivity (Wildman–Crippen MR) is 157 cm³/mol. The normalized spacial score (nSPS) is 12.1. The van der Waals surface area contributed by atoms with Gasteiger partial charge in [0.15, 0.2) is 0 Å². The van der Waals surface area contributed by atoms with Gasteiger partial charge in [-0.1, -0.05) is 36.4 Å². The zero-order valence-corrected chi connectivity index (χ0v) is 21.4. The van der Waals surface area contributed by atoms with E-state index in [4.69, 9.17) is 0 Å². The third-order valence-corrected chi connectivity index (χ3v) is 7.02. The van der Waals surface area contributed by atoms with E-state index in [-0.39, 0.29) is 0 Å². The second kappa shape index (κ2) is 10.1. The highest BCUT2D eigenvalue weighted by atomic mass is 16.3. The summed E-state index contributed by atoms with van der Waals surface area (Å²) in [5.74, 6) is 0. The van der Waals surface area contributed by atoms with E-state index >= 15 is 0 Å². The third kappa shape index (κ3) is 4.57. The van der Waals surface area contributed by atoms with Crippen LogP contribution in [0.1, 0.15) is 5.56 Å². The Morgan fingerprint density at radius 1 is 0.775 bits per heavy atom. The average molecular weight is 524 g/mol. The summed E-state index contributed by atoms with van der Waals surface area (Å²) < 4.78 is 0. The van der Waals surface area contributed by atoms with Gasteiger partial charge >= 0.3 is 0 Å². The van der Waals surface area contributed by atoms with E-state index in [0.29, 0.717) is 6.42 Å². The summed E-state index contributed by atoms with van der Waals surface area (Å²) >= 11 is 0. The molecule has 2 aromatic carbocycles. The Labute approximate surface area is 229 Å². The molecule has 5 heterocycles. The number of aromatic amines is 2. The molecule has 0 amide bonds. The summed E-state index contributed by atoms with van der Waals surface area (Å²) in [6.07, 6.45) is 8.71. The number of rotatable bonds is 7. The Hall–Kier alpha value is -5.34. The maximum Gasteiger partial charge on any atom is 0.138 e. The van der Waals surface area contributed by atoms with Gasteiger partial charge in [0.25, 0.3) is 0 Å². The molecule has 5 aromatic heterocycles. The summed E-state index contributed by atoms with van der Waals surface area (Å²) in [6.45, 7) is 0. The molecule has 0 bridgehead atoms. The molecule has 0 saturated carbocycles. The zero-order chi connectivity index (χ0) is 26.9. The molecule has 7 rings (SSSR count). The minimum absolute atomic E-state index is 0.498. The summed E-state index contributed by atoms with van der Waals surface area (Å²) in [7, 11) is 0. The first-order chi connectivity index (χ1) is 19.7. The molecule has 194 valence electrons. The number of anilines is 1. The van der Waals surface area contributed by atoms with Gasteiger partial charge in [0.05, 0.1) is 23.1 Å². The molecule has 1 unspecified atom stereocenters. The summed E-state index contributed by atoms with van der Waals surface area (Å²) in [6, 6.07) is 26.2. The first kappa shape index (κ1) is 23.8. The van der Waals surface area contributed by atoms with Gasteiger partial charge in [0, 0.05) is 47.5 Å². The van der Waals surface area contributed by atoms with E-state index in [1.54, 1.807) is 18.6 Å². The number of aliphatic hydroxyl groups excluding tert-OH is 1. The van der Waals surface area contributed by atoms with Crippen LogP contribution < -0.4 is 5.32 Å². The summed E-state index contributed by atoms with van der Waals surface area (Å²) in [4.78, 5) is 16.6. The van der Waals surface area contributed by atoms with Crippen LogP contribution in [0.3, 0.4) is 0 Å². The van der Waals surface area contributed by atoms with Crippen LogP contribution in [0.2, 0.25) is 0 Å². The molecule has 0 fully saturated rings. The number of hydrogen-bond acceptors (Lipinski definition) is 6. The number of benzene rings is 2. The van der Waals surface area contributed by atoms with Crippen LogP contribution in [-0.4, -0.2) is 41.5 Å². The lowest BCUT2D eigenvalue weighted by Gasteiger charge is -2.15. The number of hydrogen-bond donors (Lipinski definition) is 4. The Balaban J connectivity index is 1.21. The molecule has 0 aliphatic carbocycles. The van der Waals surface area contributed by atoms with Gasteiger partial charge in [-0.05, 0) is 64.7 Å². The van der Waals surface area contributed by atoms with E-state index < -0.39 is 6.23 Å². The number of nitrogens with one attached hydrogen (secondary N) is 3. The fraction of sp³-hybridized carbons (Fsp3) is 0.0625. The Morgan fingerprint density at radius 2 is 1.65 bits per heavy atom. The highest BCUT2D eigenvalue weighted by Crippen LogP contribution is 2.34. The Morgan fingerprint density at radius 3 is 2.52 bits per heavy atom. The highest BCUT2D eigenvalue weighted by Gasteiger charge is 2.15. The van der Waals surface area contributed by atoms with Gasteiger partial charge in [-0.15, -0.1) is 0 Å². The minimum Gasteiger partial charge on any atom is -0.373 e. The monoisotopic (exact) mass is 523 g/mol. The Kier molecular flexibility index (Phi) is 5.99. The smallest absolute Gasteiger partial charge is 0.138 e. The lowest BCUT2D eigenvalue weighted by atomic mass is 10.0. The molecule has 0 radical (unpaired) electrons. The maximum absolute atomic E-state index is 10.6. The predicted octanol–water partition coefficient (Wildman–Crippen LogP) is 6.20. The standard InChI is InChI=1S/C32H25N7O/c40-30(14-20-4-2-1-3-5-20)36-24-15-23(18-34-19-24)22-6-7-28-27(16-22)31(39-38-28)29-17-26-25(10-13-35-32(26)37-29)21-8-11-33-12-9-21/h1-13,15-19,30,36,40H,14H2,(H,35,37)(H,38,39). The second-order valence-corrected chi connectivity index (χ2v) is 9.68. The number of fused-ring (bicyclic) bond motifs is 2. The van der Waals surface area contributed by atoms with Gasteiger partial charge in [0.1, 0.15) is 17.6 Å². The fourth-order valence-corrected chi connectivity index (χ4v) is 5.09. The number of pyridine rings is 3. The molecule has 0 saturated heterocycles. The van der Waals surface area contributed by atoms with Gasteiger partial charge in [0.2, 0.25) is 0 Å². The molecule has 0 aliphatic heterocycles. The zero-order valence-electron chi connectivity index (χ0n) is 21.4. The van der Waals surface area contributed by atoms with Crippen LogP contribution >= 0.6 is 0 Å². The van der Waals surface area contributed by atoms with Crippen molar-refractivity contribution in [2.75, 3.05) is 5.32 Å². The molecule has 40 heavy (non-hydrogen) atoms. The van der Waals surface area contributed by atoms with Gasteiger partial charge < -0.3 is 15.4 Å². The molecule has 8 nitrogen and oxygen atoms in total. The van der Waals surface area contributed by atoms with Crippen molar-refractivity contribution in [2.24, 2.45) is 0 Å². The number of H-pyrrole nitrogens is 2. The van der Waals surface area contributed by atoms with Crippen molar-refractivity contribution in [3.05, 3.63) is 115 Å². The van der Waals surface area contributed by atoms with Gasteiger partial charge in [-0.2, -0.15) is 5.10 Å². The molecular formula is C32H25N7O. The second-order valence-electron chi connectivity index (χ2n) is 9.68. The van der Waals surface area contributed by atoms with E-state index in [1.807, 2.05) is 79.1 Å². The largest absolute Gasteiger partial charge is 0.373 e. The van der Waals surface area contributed by atoms with E-state index in [1.165, 1.54) is 0 Å². The maximum atomic E-state index is 10.6. The fourth-order valence-electron chi connectivity index (χ4n) is 5.09. The first-order valence-corrected chi connectivity index (χ1v) is 13.0. The van der Waals surface area contributed by atoms with E-state index in [9.17, 15) is 5.11 Å². The van der Waals surface area contributed by atoms with Crippen LogP contribution in [0.4, 0.5) is 5.69 Å². The molecule has 8 heteroatoms. The van der Waals surface area contributed by atoms with Crippen molar-refractivity contribution in [3.63, 3.8) is 0 Å². The third-order valence-electron chi connectivity index (χ3n) is 7.02. The van der Waals surface area contributed by atoms with Crippen molar-refractivity contribution in [1.82, 2.24) is 30.1 Å². The summed E-state index contributed by atoms with van der Waals surface area (Å²) in [5, 5.41) is 23.5.